The van der Waals surface area contributed by atoms with Crippen LogP contribution in [0.1, 0.15) is 12.8 Å². The van der Waals surface area contributed by atoms with E-state index in [9.17, 15) is 0 Å². The molecular formula is C9H16BrN. The van der Waals surface area contributed by atoms with Gasteiger partial charge in [0.2, 0.25) is 0 Å². The van der Waals surface area contributed by atoms with E-state index in [2.05, 4.69) is 34.5 Å². The van der Waals surface area contributed by atoms with Crippen LogP contribution in [0.5, 0.6) is 0 Å². The van der Waals surface area contributed by atoms with Gasteiger partial charge in [-0.2, -0.15) is 0 Å². The summed E-state index contributed by atoms with van der Waals surface area (Å²) in [6, 6.07) is 0. The molecule has 0 aromatic carbocycles. The molecule has 0 heterocycles. The predicted octanol–water partition coefficient (Wildman–Crippen LogP) is 2.28. The summed E-state index contributed by atoms with van der Waals surface area (Å²) >= 11 is 3.59. The lowest BCUT2D eigenvalue weighted by atomic mass is 9.85. The molecule has 0 bridgehead atoms. The van der Waals surface area contributed by atoms with Crippen molar-refractivity contribution in [2.45, 2.75) is 17.7 Å². The second-order valence-electron chi connectivity index (χ2n) is 3.44. The van der Waals surface area contributed by atoms with Gasteiger partial charge in [0, 0.05) is 17.9 Å². The van der Waals surface area contributed by atoms with E-state index in [1.807, 2.05) is 6.08 Å². The number of alkyl halides is 1. The first kappa shape index (κ1) is 9.27. The molecule has 0 unspecified atom stereocenters. The van der Waals surface area contributed by atoms with E-state index in [0.717, 1.165) is 17.3 Å². The molecular weight excluding hydrogens is 202 g/mol. The Morgan fingerprint density at radius 1 is 1.64 bits per heavy atom. The van der Waals surface area contributed by atoms with Crippen molar-refractivity contribution in [2.75, 3.05) is 20.1 Å². The van der Waals surface area contributed by atoms with Gasteiger partial charge in [0.1, 0.15) is 0 Å². The highest BCUT2D eigenvalue weighted by Crippen LogP contribution is 2.33. The Balaban J connectivity index is 2.06. The summed E-state index contributed by atoms with van der Waals surface area (Å²) in [5, 5.41) is 0. The van der Waals surface area contributed by atoms with E-state index in [-0.39, 0.29) is 0 Å². The molecule has 0 amide bonds. The van der Waals surface area contributed by atoms with Crippen molar-refractivity contribution in [1.82, 2.24) is 4.90 Å². The summed E-state index contributed by atoms with van der Waals surface area (Å²) in [5.41, 5.74) is 0. The quantitative estimate of drug-likeness (QED) is 0.516. The molecule has 2 heteroatoms. The van der Waals surface area contributed by atoms with E-state index in [1.54, 1.807) is 0 Å². The summed E-state index contributed by atoms with van der Waals surface area (Å²) < 4.78 is 0. The minimum Gasteiger partial charge on any atom is -0.302 e. The lowest BCUT2D eigenvalue weighted by molar-refractivity contribution is 0.227. The fourth-order valence-electron chi connectivity index (χ4n) is 1.54. The summed E-state index contributed by atoms with van der Waals surface area (Å²) in [6.07, 6.45) is 4.66. The number of likely N-dealkylation sites (N-methyl/N-ethyl adjacent to an activating group) is 1. The van der Waals surface area contributed by atoms with Crippen LogP contribution in [0.25, 0.3) is 0 Å². The molecule has 0 saturated heterocycles. The van der Waals surface area contributed by atoms with Gasteiger partial charge >= 0.3 is 0 Å². The Labute approximate surface area is 77.6 Å². The maximum atomic E-state index is 3.72. The van der Waals surface area contributed by atoms with Crippen molar-refractivity contribution in [2.24, 2.45) is 5.92 Å². The molecule has 0 spiro atoms. The molecule has 0 atom stereocenters. The van der Waals surface area contributed by atoms with Crippen molar-refractivity contribution in [1.29, 1.82) is 0 Å². The van der Waals surface area contributed by atoms with Crippen LogP contribution in [0.4, 0.5) is 0 Å². The van der Waals surface area contributed by atoms with Gasteiger partial charge in [0.25, 0.3) is 0 Å². The average Bonchev–Trinajstić information content (AvgIpc) is 1.85. The smallest absolute Gasteiger partial charge is 0.0157 e. The molecule has 1 aliphatic rings. The fourth-order valence-corrected chi connectivity index (χ4v) is 2.60. The second kappa shape index (κ2) is 4.27. The number of halogens is 1. The SMILES string of the molecule is C=CCN(C)CC1CC(Br)C1. The molecule has 1 nitrogen and oxygen atoms in total. The first-order valence-electron chi connectivity index (χ1n) is 4.16. The number of hydrogen-bond donors (Lipinski definition) is 0. The number of nitrogens with zero attached hydrogens (tertiary/aromatic N) is 1. The van der Waals surface area contributed by atoms with Gasteiger partial charge in [0.05, 0.1) is 0 Å². The van der Waals surface area contributed by atoms with Crippen molar-refractivity contribution < 1.29 is 0 Å². The van der Waals surface area contributed by atoms with Gasteiger partial charge in [-0.25, -0.2) is 0 Å². The van der Waals surface area contributed by atoms with Crippen LogP contribution in [0.2, 0.25) is 0 Å². The van der Waals surface area contributed by atoms with E-state index in [1.165, 1.54) is 19.4 Å². The zero-order valence-electron chi connectivity index (χ0n) is 7.09. The largest absolute Gasteiger partial charge is 0.302 e. The summed E-state index contributed by atoms with van der Waals surface area (Å²) in [4.78, 5) is 3.13. The molecule has 0 aromatic heterocycles. The Hall–Kier alpha value is 0.180. The van der Waals surface area contributed by atoms with Gasteiger partial charge in [-0.1, -0.05) is 22.0 Å². The van der Waals surface area contributed by atoms with Gasteiger partial charge in [0.15, 0.2) is 0 Å². The van der Waals surface area contributed by atoms with E-state index >= 15 is 0 Å². The average molecular weight is 218 g/mol. The molecule has 1 saturated carbocycles. The second-order valence-corrected chi connectivity index (χ2v) is 4.74. The first-order valence-corrected chi connectivity index (χ1v) is 5.07. The summed E-state index contributed by atoms with van der Waals surface area (Å²) in [6.45, 7) is 5.96. The Kier molecular flexibility index (Phi) is 3.60. The standard InChI is InChI=1S/C9H16BrN/c1-3-4-11(2)7-8-5-9(10)6-8/h3,8-9H,1,4-7H2,2H3. The first-order chi connectivity index (χ1) is 5.22. The minimum atomic E-state index is 0.796. The lowest BCUT2D eigenvalue weighted by Crippen LogP contribution is -2.34. The van der Waals surface area contributed by atoms with Crippen molar-refractivity contribution in [3.8, 4) is 0 Å². The van der Waals surface area contributed by atoms with E-state index < -0.39 is 0 Å². The fraction of sp³-hybridized carbons (Fsp3) is 0.778. The monoisotopic (exact) mass is 217 g/mol. The van der Waals surface area contributed by atoms with Crippen LogP contribution in [-0.2, 0) is 0 Å². The van der Waals surface area contributed by atoms with Crippen molar-refractivity contribution in [3.63, 3.8) is 0 Å². The summed E-state index contributed by atoms with van der Waals surface area (Å²) in [7, 11) is 2.16. The Morgan fingerprint density at radius 2 is 2.27 bits per heavy atom. The van der Waals surface area contributed by atoms with Crippen LogP contribution >= 0.6 is 15.9 Å². The number of hydrogen-bond acceptors (Lipinski definition) is 1. The van der Waals surface area contributed by atoms with Gasteiger partial charge in [-0.15, -0.1) is 6.58 Å². The zero-order valence-corrected chi connectivity index (χ0v) is 8.68. The molecule has 64 valence electrons. The Morgan fingerprint density at radius 3 is 2.73 bits per heavy atom. The summed E-state index contributed by atoms with van der Waals surface area (Å²) in [5.74, 6) is 0.921. The normalized spacial score (nSPS) is 30.1. The maximum Gasteiger partial charge on any atom is 0.0157 e. The topological polar surface area (TPSA) is 3.24 Å². The zero-order chi connectivity index (χ0) is 8.27. The van der Waals surface area contributed by atoms with Crippen LogP contribution in [-0.4, -0.2) is 29.9 Å². The third-order valence-electron chi connectivity index (χ3n) is 2.19. The van der Waals surface area contributed by atoms with Gasteiger partial charge in [-0.3, -0.25) is 0 Å². The molecule has 0 N–H and O–H groups in total. The third kappa shape index (κ3) is 2.96. The minimum absolute atomic E-state index is 0.796. The van der Waals surface area contributed by atoms with Crippen LogP contribution in [0.15, 0.2) is 12.7 Å². The van der Waals surface area contributed by atoms with Crippen molar-refractivity contribution in [3.05, 3.63) is 12.7 Å². The van der Waals surface area contributed by atoms with E-state index in [0.29, 0.717) is 0 Å². The molecule has 11 heavy (non-hydrogen) atoms. The number of rotatable bonds is 4. The maximum absolute atomic E-state index is 3.72. The molecule has 0 aromatic rings. The highest BCUT2D eigenvalue weighted by Gasteiger charge is 2.26. The van der Waals surface area contributed by atoms with Gasteiger partial charge < -0.3 is 4.90 Å². The predicted molar refractivity (Wildman–Crippen MR) is 53.1 cm³/mol. The molecule has 1 aliphatic carbocycles. The van der Waals surface area contributed by atoms with Gasteiger partial charge in [-0.05, 0) is 25.8 Å². The van der Waals surface area contributed by atoms with Crippen LogP contribution in [0, 0.1) is 5.92 Å². The Bertz CT molecular complexity index is 130. The highest BCUT2D eigenvalue weighted by atomic mass is 79.9. The van der Waals surface area contributed by atoms with E-state index in [4.69, 9.17) is 0 Å². The van der Waals surface area contributed by atoms with Crippen molar-refractivity contribution >= 4 is 15.9 Å². The van der Waals surface area contributed by atoms with Crippen LogP contribution < -0.4 is 0 Å². The lowest BCUT2D eigenvalue weighted by Gasteiger charge is -2.34. The van der Waals surface area contributed by atoms with Crippen LogP contribution in [0.3, 0.4) is 0 Å². The molecule has 0 aliphatic heterocycles. The third-order valence-corrected chi connectivity index (χ3v) is 2.94. The molecule has 1 rings (SSSR count). The molecule has 1 fully saturated rings. The molecule has 0 radical (unpaired) electrons. The highest BCUT2D eigenvalue weighted by molar-refractivity contribution is 9.09.